The molecule has 0 fully saturated rings. The lowest BCUT2D eigenvalue weighted by atomic mass is 10.2. The molecule has 0 aliphatic rings. The van der Waals surface area contributed by atoms with E-state index in [0.29, 0.717) is 22.6 Å². The third kappa shape index (κ3) is 2.88. The molecule has 0 aliphatic heterocycles. The molecule has 0 saturated carbocycles. The van der Waals surface area contributed by atoms with E-state index in [4.69, 9.17) is 10.00 Å². The first-order valence-electron chi connectivity index (χ1n) is 5.23. The van der Waals surface area contributed by atoms with Gasteiger partial charge in [0.25, 0.3) is 0 Å². The summed E-state index contributed by atoms with van der Waals surface area (Å²) in [5, 5.41) is 8.85. The van der Waals surface area contributed by atoms with Gasteiger partial charge in [-0.1, -0.05) is 22.0 Å². The number of nitriles is 1. The second-order valence-electron chi connectivity index (χ2n) is 3.80. The maximum Gasteiger partial charge on any atom is 0.130 e. The van der Waals surface area contributed by atoms with E-state index >= 15 is 0 Å². The van der Waals surface area contributed by atoms with Crippen molar-refractivity contribution in [2.45, 2.75) is 6.92 Å². The van der Waals surface area contributed by atoms with Crippen LogP contribution in [0.2, 0.25) is 0 Å². The summed E-state index contributed by atoms with van der Waals surface area (Å²) in [4.78, 5) is 0. The number of rotatable bonds is 2. The zero-order valence-electron chi connectivity index (χ0n) is 9.58. The monoisotopic (exact) mass is 305 g/mol. The summed E-state index contributed by atoms with van der Waals surface area (Å²) >= 11 is 3.29. The van der Waals surface area contributed by atoms with Crippen LogP contribution in [-0.2, 0) is 0 Å². The van der Waals surface area contributed by atoms with E-state index in [0.717, 1.165) is 4.47 Å². The van der Waals surface area contributed by atoms with E-state index in [1.54, 1.807) is 37.3 Å². The molecule has 18 heavy (non-hydrogen) atoms. The van der Waals surface area contributed by atoms with Gasteiger partial charge in [0.1, 0.15) is 17.3 Å². The zero-order valence-corrected chi connectivity index (χ0v) is 11.2. The molecular formula is C14H9BrFNO. The van der Waals surface area contributed by atoms with Crippen LogP contribution in [-0.4, -0.2) is 0 Å². The van der Waals surface area contributed by atoms with Gasteiger partial charge < -0.3 is 4.74 Å². The number of aryl methyl sites for hydroxylation is 1. The Morgan fingerprint density at radius 2 is 1.94 bits per heavy atom. The molecule has 90 valence electrons. The van der Waals surface area contributed by atoms with Gasteiger partial charge in [0.05, 0.1) is 11.6 Å². The second kappa shape index (κ2) is 5.19. The van der Waals surface area contributed by atoms with Gasteiger partial charge in [0.15, 0.2) is 0 Å². The summed E-state index contributed by atoms with van der Waals surface area (Å²) in [6.45, 7) is 1.69. The van der Waals surface area contributed by atoms with Gasteiger partial charge >= 0.3 is 0 Å². The highest BCUT2D eigenvalue weighted by molar-refractivity contribution is 9.10. The van der Waals surface area contributed by atoms with Crippen molar-refractivity contribution >= 4 is 15.9 Å². The van der Waals surface area contributed by atoms with Crippen molar-refractivity contribution in [1.82, 2.24) is 0 Å². The molecule has 0 aromatic heterocycles. The molecule has 2 nitrogen and oxygen atoms in total. The van der Waals surface area contributed by atoms with E-state index in [9.17, 15) is 4.39 Å². The van der Waals surface area contributed by atoms with Crippen molar-refractivity contribution < 1.29 is 9.13 Å². The minimum Gasteiger partial charge on any atom is -0.457 e. The normalized spacial score (nSPS) is 9.89. The topological polar surface area (TPSA) is 33.0 Å². The minimum absolute atomic E-state index is 0.317. The first kappa shape index (κ1) is 12.6. The largest absolute Gasteiger partial charge is 0.457 e. The molecule has 2 aromatic carbocycles. The van der Waals surface area contributed by atoms with Gasteiger partial charge in [0, 0.05) is 10.5 Å². The lowest BCUT2D eigenvalue weighted by Gasteiger charge is -2.07. The molecule has 0 amide bonds. The predicted molar refractivity (Wildman–Crippen MR) is 70.1 cm³/mol. The smallest absolute Gasteiger partial charge is 0.130 e. The summed E-state index contributed by atoms with van der Waals surface area (Å²) in [7, 11) is 0. The van der Waals surface area contributed by atoms with Crippen LogP contribution in [0.1, 0.15) is 11.1 Å². The van der Waals surface area contributed by atoms with E-state index in [-0.39, 0.29) is 5.82 Å². The molecule has 0 heterocycles. The number of hydrogen-bond acceptors (Lipinski definition) is 2. The molecular weight excluding hydrogens is 297 g/mol. The average Bonchev–Trinajstić information content (AvgIpc) is 2.33. The molecule has 0 spiro atoms. The number of hydrogen-bond donors (Lipinski definition) is 0. The Morgan fingerprint density at radius 3 is 2.61 bits per heavy atom. The number of ether oxygens (including phenoxy) is 1. The van der Waals surface area contributed by atoms with E-state index in [1.807, 2.05) is 6.07 Å². The molecule has 0 saturated heterocycles. The first-order chi connectivity index (χ1) is 8.58. The van der Waals surface area contributed by atoms with Gasteiger partial charge in [-0.25, -0.2) is 4.39 Å². The Kier molecular flexibility index (Phi) is 3.63. The van der Waals surface area contributed by atoms with Crippen LogP contribution in [0.25, 0.3) is 0 Å². The lowest BCUT2D eigenvalue weighted by molar-refractivity contribution is 0.475. The average molecular weight is 306 g/mol. The highest BCUT2D eigenvalue weighted by Crippen LogP contribution is 2.27. The van der Waals surface area contributed by atoms with Crippen molar-refractivity contribution in [2.75, 3.05) is 0 Å². The van der Waals surface area contributed by atoms with Crippen LogP contribution in [0.15, 0.2) is 40.9 Å². The summed E-state index contributed by atoms with van der Waals surface area (Å²) in [5.74, 6) is 0.576. The van der Waals surface area contributed by atoms with Crippen LogP contribution >= 0.6 is 15.9 Å². The Labute approximate surface area is 113 Å². The zero-order chi connectivity index (χ0) is 13.1. The molecule has 0 atom stereocenters. The van der Waals surface area contributed by atoms with Gasteiger partial charge in [-0.05, 0) is 36.8 Å². The summed E-state index contributed by atoms with van der Waals surface area (Å²) in [6, 6.07) is 11.7. The number of nitrogens with zero attached hydrogens (tertiary/aromatic N) is 1. The first-order valence-corrected chi connectivity index (χ1v) is 6.02. The molecule has 0 unspecified atom stereocenters. The van der Waals surface area contributed by atoms with Crippen molar-refractivity contribution in [3.05, 3.63) is 57.8 Å². The Hall–Kier alpha value is -1.86. The van der Waals surface area contributed by atoms with Crippen LogP contribution in [0.4, 0.5) is 4.39 Å². The van der Waals surface area contributed by atoms with Crippen LogP contribution in [0.5, 0.6) is 11.5 Å². The third-order valence-corrected chi connectivity index (χ3v) is 2.84. The van der Waals surface area contributed by atoms with Crippen molar-refractivity contribution in [1.29, 1.82) is 5.26 Å². The van der Waals surface area contributed by atoms with E-state index < -0.39 is 0 Å². The fourth-order valence-electron chi connectivity index (χ4n) is 1.46. The van der Waals surface area contributed by atoms with Crippen molar-refractivity contribution in [3.63, 3.8) is 0 Å². The van der Waals surface area contributed by atoms with Crippen molar-refractivity contribution in [3.8, 4) is 17.6 Å². The van der Waals surface area contributed by atoms with Crippen LogP contribution in [0.3, 0.4) is 0 Å². The quantitative estimate of drug-likeness (QED) is 0.815. The Morgan fingerprint density at radius 1 is 1.17 bits per heavy atom. The minimum atomic E-state index is -0.317. The van der Waals surface area contributed by atoms with Gasteiger partial charge in [-0.15, -0.1) is 0 Å². The van der Waals surface area contributed by atoms with Crippen LogP contribution in [0, 0.1) is 24.1 Å². The summed E-state index contributed by atoms with van der Waals surface area (Å²) in [5.41, 5.74) is 1.04. The molecule has 2 aromatic rings. The second-order valence-corrected chi connectivity index (χ2v) is 4.72. The van der Waals surface area contributed by atoms with Gasteiger partial charge in [0.2, 0.25) is 0 Å². The molecule has 0 radical (unpaired) electrons. The SMILES string of the molecule is Cc1ccc(Oc2cc(Br)cc(C#N)c2)cc1F. The Balaban J connectivity index is 2.31. The number of benzene rings is 2. The Bertz CT molecular complexity index is 634. The molecule has 4 heteroatoms. The van der Waals surface area contributed by atoms with Gasteiger partial charge in [-0.2, -0.15) is 5.26 Å². The highest BCUT2D eigenvalue weighted by atomic mass is 79.9. The lowest BCUT2D eigenvalue weighted by Crippen LogP contribution is -1.88. The maximum absolute atomic E-state index is 13.4. The highest BCUT2D eigenvalue weighted by Gasteiger charge is 2.04. The summed E-state index contributed by atoms with van der Waals surface area (Å²) in [6.07, 6.45) is 0. The molecule has 0 bridgehead atoms. The summed E-state index contributed by atoms with van der Waals surface area (Å²) < 4.78 is 19.6. The fourth-order valence-corrected chi connectivity index (χ4v) is 1.93. The standard InChI is InChI=1S/C14H9BrFNO/c1-9-2-3-12(7-14(9)16)18-13-5-10(8-17)4-11(15)6-13/h2-7H,1H3. The maximum atomic E-state index is 13.4. The van der Waals surface area contributed by atoms with Gasteiger partial charge in [-0.3, -0.25) is 0 Å². The van der Waals surface area contributed by atoms with E-state index in [2.05, 4.69) is 15.9 Å². The van der Waals surface area contributed by atoms with E-state index in [1.165, 1.54) is 6.07 Å². The van der Waals surface area contributed by atoms with Crippen molar-refractivity contribution in [2.24, 2.45) is 0 Å². The molecule has 2 rings (SSSR count). The fraction of sp³-hybridized carbons (Fsp3) is 0.0714. The van der Waals surface area contributed by atoms with Crippen LogP contribution < -0.4 is 4.74 Å². The molecule has 0 aliphatic carbocycles. The number of halogens is 2. The predicted octanol–water partition coefficient (Wildman–Crippen LogP) is 4.56. The molecule has 0 N–H and O–H groups in total. The third-order valence-electron chi connectivity index (χ3n) is 2.38.